The van der Waals surface area contributed by atoms with Crippen molar-refractivity contribution in [3.8, 4) is 11.1 Å². The van der Waals surface area contributed by atoms with Crippen molar-refractivity contribution in [1.82, 2.24) is 30.2 Å². The Labute approximate surface area is 345 Å². The summed E-state index contributed by atoms with van der Waals surface area (Å²) in [6.45, 7) is 6.88. The predicted octanol–water partition coefficient (Wildman–Crippen LogP) is 0.198. The molecule has 0 saturated carbocycles. The number of fused-ring (bicyclic) bond motifs is 2. The van der Waals surface area contributed by atoms with E-state index in [1.54, 1.807) is 24.7 Å². The van der Waals surface area contributed by atoms with Crippen LogP contribution in [0.15, 0.2) is 53.7 Å². The van der Waals surface area contributed by atoms with Gasteiger partial charge < -0.3 is 42.9 Å². The number of morpholine rings is 1. The standard InChI is InChI=1S/C34H38N10O3.CH3.Cs/c1-20-4-7-25-16-24(10-11-27(25)44(20)21(2)45)23-8-5-22(6-9-23)17-36-33(46)32-39-28-30(42(32)3)40-29(26-18-37-34(35)38-19-26)41-31(28)43-12-14-47-15-13-43;;/h5-6,8-11,16,18,20H,4,7,12-15,17,19H2,1-3H3,(H,36,46)(H3,35,37,38);1H3;/q;-1;+1/t20-;;/m0../s1. The molecule has 2 amide bonds. The quantitative estimate of drug-likeness (QED) is 0.233. The van der Waals surface area contributed by atoms with E-state index in [-0.39, 0.29) is 100 Å². The number of aliphatic imine (C=N–C) groups is 1. The first-order valence-corrected chi connectivity index (χ1v) is 15.9. The molecule has 2 aromatic carbocycles. The molecular weight excluding hydrogens is 741 g/mol. The van der Waals surface area contributed by atoms with E-state index < -0.39 is 0 Å². The summed E-state index contributed by atoms with van der Waals surface area (Å²) >= 11 is 0. The van der Waals surface area contributed by atoms with Gasteiger partial charge in [-0.25, -0.2) is 19.9 Å². The first kappa shape index (κ1) is 37.0. The number of carbonyl (C=O) groups excluding carboxylic acids is 2. The molecule has 0 bridgehead atoms. The van der Waals surface area contributed by atoms with Crippen molar-refractivity contribution < 1.29 is 83.2 Å². The number of rotatable bonds is 6. The summed E-state index contributed by atoms with van der Waals surface area (Å²) in [5, 5.41) is 5.96. The zero-order chi connectivity index (χ0) is 32.7. The van der Waals surface area contributed by atoms with Gasteiger partial charge in [0.25, 0.3) is 5.91 Å². The third-order valence-corrected chi connectivity index (χ3v) is 9.01. The largest absolute Gasteiger partial charge is 1.00 e. The zero-order valence-electron chi connectivity index (χ0n) is 28.8. The van der Waals surface area contributed by atoms with E-state index in [0.29, 0.717) is 68.2 Å². The molecule has 1 atom stereocenters. The van der Waals surface area contributed by atoms with E-state index >= 15 is 0 Å². The number of nitrogens with zero attached hydrogens (tertiary/aromatic N) is 7. The third-order valence-electron chi connectivity index (χ3n) is 9.01. The molecule has 0 unspecified atom stereocenters. The smallest absolute Gasteiger partial charge is 0.378 e. The summed E-state index contributed by atoms with van der Waals surface area (Å²) in [5.41, 5.74) is 13.0. The fourth-order valence-corrected chi connectivity index (χ4v) is 6.43. The summed E-state index contributed by atoms with van der Waals surface area (Å²) in [4.78, 5) is 48.4. The number of nitrogens with one attached hydrogen (secondary N) is 2. The monoisotopic (exact) mass is 782 g/mol. The van der Waals surface area contributed by atoms with Gasteiger partial charge in [0.1, 0.15) is 0 Å². The van der Waals surface area contributed by atoms with Crippen molar-refractivity contribution in [2.45, 2.75) is 39.3 Å². The Morgan fingerprint density at radius 1 is 1.06 bits per heavy atom. The van der Waals surface area contributed by atoms with E-state index in [9.17, 15) is 9.59 Å². The van der Waals surface area contributed by atoms with Crippen LogP contribution in [0.4, 0.5) is 11.5 Å². The Morgan fingerprint density at radius 2 is 1.80 bits per heavy atom. The van der Waals surface area contributed by atoms with Crippen molar-refractivity contribution in [2.24, 2.45) is 17.8 Å². The number of nitrogens with two attached hydrogens (primary N) is 1. The van der Waals surface area contributed by atoms with Crippen LogP contribution in [0.25, 0.3) is 27.9 Å². The minimum atomic E-state index is -0.307. The SMILES string of the molecule is CC(=O)N1c2ccc(-c3ccc(CNC(=O)c4nc5c(N6CCOCC6)nc(C6=CNC(N)=NC6)nc5n4C)cc3)cc2CC[C@@H]1C.[CH3-].[Cs+]. The first-order chi connectivity index (χ1) is 22.8. The normalized spacial score (nSPS) is 17.2. The first-order valence-electron chi connectivity index (χ1n) is 15.9. The molecule has 4 N–H and O–H groups in total. The number of guanidine groups is 1. The molecule has 2 aromatic heterocycles. The molecule has 3 aliphatic heterocycles. The van der Waals surface area contributed by atoms with Gasteiger partial charge in [-0.3, -0.25) is 9.59 Å². The molecule has 250 valence electrons. The van der Waals surface area contributed by atoms with Crippen molar-refractivity contribution in [2.75, 3.05) is 42.6 Å². The number of carbonyl (C=O) groups is 2. The number of ether oxygens (including phenoxy) is 1. The van der Waals surface area contributed by atoms with Crippen LogP contribution in [0.3, 0.4) is 0 Å². The van der Waals surface area contributed by atoms with Crippen LogP contribution in [0.5, 0.6) is 0 Å². The molecular formula is C35H41CsN10O3. The second kappa shape index (κ2) is 15.7. The van der Waals surface area contributed by atoms with Crippen LogP contribution in [0.1, 0.15) is 47.8 Å². The van der Waals surface area contributed by atoms with E-state index in [2.05, 4.69) is 57.8 Å². The number of aryl methyl sites for hydroxylation is 2. The summed E-state index contributed by atoms with van der Waals surface area (Å²) < 4.78 is 7.27. The molecule has 49 heavy (non-hydrogen) atoms. The summed E-state index contributed by atoms with van der Waals surface area (Å²) in [5.74, 6) is 1.52. The average molecular weight is 783 g/mol. The maximum atomic E-state index is 13.5. The Bertz CT molecular complexity index is 1930. The topological polar surface area (TPSA) is 156 Å². The minimum absolute atomic E-state index is 0. The van der Waals surface area contributed by atoms with Crippen LogP contribution in [-0.4, -0.2) is 76.2 Å². The fourth-order valence-electron chi connectivity index (χ4n) is 6.43. The second-order valence-corrected chi connectivity index (χ2v) is 12.2. The molecule has 5 heterocycles. The predicted molar refractivity (Wildman–Crippen MR) is 187 cm³/mol. The van der Waals surface area contributed by atoms with Crippen LogP contribution in [-0.2, 0) is 29.5 Å². The van der Waals surface area contributed by atoms with Crippen molar-refractivity contribution in [3.63, 3.8) is 0 Å². The number of hydrogen-bond donors (Lipinski definition) is 3. The molecule has 0 spiro atoms. The summed E-state index contributed by atoms with van der Waals surface area (Å²) in [6.07, 6.45) is 3.65. The number of aromatic nitrogens is 4. The second-order valence-electron chi connectivity index (χ2n) is 12.2. The van der Waals surface area contributed by atoms with Gasteiger partial charge >= 0.3 is 68.9 Å². The van der Waals surface area contributed by atoms with E-state index in [1.165, 1.54) is 5.56 Å². The molecule has 0 aliphatic carbocycles. The fraction of sp³-hybridized carbons (Fsp3) is 0.343. The van der Waals surface area contributed by atoms with Crippen LogP contribution in [0, 0.1) is 7.43 Å². The van der Waals surface area contributed by atoms with Gasteiger partial charge in [0.05, 0.1) is 19.8 Å². The van der Waals surface area contributed by atoms with Crippen molar-refractivity contribution >= 4 is 46.0 Å². The third kappa shape index (κ3) is 7.60. The van der Waals surface area contributed by atoms with Gasteiger partial charge in [-0.05, 0) is 54.2 Å². The van der Waals surface area contributed by atoms with Gasteiger partial charge in [-0.15, -0.1) is 0 Å². The zero-order valence-corrected chi connectivity index (χ0v) is 35.1. The number of benzene rings is 2. The molecule has 13 nitrogen and oxygen atoms in total. The number of anilines is 2. The van der Waals surface area contributed by atoms with Gasteiger partial charge in [0, 0.05) is 57.1 Å². The number of amides is 2. The van der Waals surface area contributed by atoms with Gasteiger partial charge in [0.2, 0.25) is 11.7 Å². The molecule has 14 heteroatoms. The maximum Gasteiger partial charge on any atom is 1.00 e. The van der Waals surface area contributed by atoms with Crippen LogP contribution < -0.4 is 95.1 Å². The number of imidazole rings is 1. The van der Waals surface area contributed by atoms with Crippen molar-refractivity contribution in [1.29, 1.82) is 0 Å². The molecule has 1 fully saturated rings. The Morgan fingerprint density at radius 3 is 2.49 bits per heavy atom. The maximum absolute atomic E-state index is 13.5. The van der Waals surface area contributed by atoms with E-state index in [0.717, 1.165) is 40.8 Å². The Kier molecular flexibility index (Phi) is 11.9. The summed E-state index contributed by atoms with van der Waals surface area (Å²) in [6, 6.07) is 14.7. The Balaban J connectivity index is 0.00000234. The molecule has 1 saturated heterocycles. The Hall–Kier alpha value is -3.25. The average Bonchev–Trinajstić information content (AvgIpc) is 3.43. The molecule has 4 aromatic rings. The molecule has 0 radical (unpaired) electrons. The minimum Gasteiger partial charge on any atom is -0.378 e. The van der Waals surface area contributed by atoms with E-state index in [4.69, 9.17) is 25.4 Å². The van der Waals surface area contributed by atoms with E-state index in [1.807, 2.05) is 17.0 Å². The van der Waals surface area contributed by atoms with Crippen LogP contribution in [0.2, 0.25) is 0 Å². The van der Waals surface area contributed by atoms with Gasteiger partial charge in [-0.1, -0.05) is 30.3 Å². The molecule has 7 rings (SSSR count). The number of hydrogen-bond acceptors (Lipinski definition) is 10. The van der Waals surface area contributed by atoms with Gasteiger partial charge in [0.15, 0.2) is 28.8 Å². The van der Waals surface area contributed by atoms with Crippen molar-refractivity contribution in [3.05, 3.63) is 78.9 Å². The van der Waals surface area contributed by atoms with Crippen LogP contribution >= 0.6 is 0 Å². The summed E-state index contributed by atoms with van der Waals surface area (Å²) in [7, 11) is 1.79. The van der Waals surface area contributed by atoms with Gasteiger partial charge in [-0.2, -0.15) is 0 Å². The molecule has 3 aliphatic rings.